The zero-order valence-corrected chi connectivity index (χ0v) is 8.41. The largest absolute Gasteiger partial charge is 0.404 e. The minimum atomic E-state index is -4.46. The molecular formula is C10H10F5N. The van der Waals surface area contributed by atoms with Gasteiger partial charge in [0.15, 0.2) is 0 Å². The van der Waals surface area contributed by atoms with E-state index in [1.807, 2.05) is 5.32 Å². The fourth-order valence-corrected chi connectivity index (χ4v) is 1.29. The number of hydrogen-bond donors (Lipinski definition) is 1. The Labute approximate surface area is 89.3 Å². The van der Waals surface area contributed by atoms with Gasteiger partial charge in [0.25, 0.3) is 0 Å². The summed E-state index contributed by atoms with van der Waals surface area (Å²) in [5.41, 5.74) is -0.168. The Hall–Kier alpha value is -1.17. The number of likely N-dealkylation sites (N-methyl/N-ethyl adjacent to an activating group) is 1. The fourth-order valence-electron chi connectivity index (χ4n) is 1.29. The van der Waals surface area contributed by atoms with E-state index < -0.39 is 30.3 Å². The van der Waals surface area contributed by atoms with Crippen LogP contribution in [0.15, 0.2) is 18.2 Å². The lowest BCUT2D eigenvalue weighted by molar-refractivity contribution is -0.154. The first-order chi connectivity index (χ1) is 7.34. The predicted molar refractivity (Wildman–Crippen MR) is 49.0 cm³/mol. The van der Waals surface area contributed by atoms with Gasteiger partial charge in [-0.15, -0.1) is 0 Å². The molecule has 1 unspecified atom stereocenters. The van der Waals surface area contributed by atoms with Crippen LogP contribution in [0, 0.1) is 11.6 Å². The summed E-state index contributed by atoms with van der Waals surface area (Å²) in [4.78, 5) is 0. The van der Waals surface area contributed by atoms with E-state index in [2.05, 4.69) is 0 Å². The number of rotatable bonds is 3. The van der Waals surface area contributed by atoms with Gasteiger partial charge in [-0.2, -0.15) is 13.2 Å². The standard InChI is InChI=1S/C10H10F5N/c1-16-9(10(13,14)15)4-6-2-3-7(11)5-8(6)12/h2-3,5,9,16H,4H2,1H3. The molecule has 0 heterocycles. The highest BCUT2D eigenvalue weighted by Gasteiger charge is 2.38. The first kappa shape index (κ1) is 12.9. The third-order valence-electron chi connectivity index (χ3n) is 2.18. The Kier molecular flexibility index (Phi) is 3.85. The zero-order chi connectivity index (χ0) is 12.3. The number of alkyl halides is 3. The maximum absolute atomic E-state index is 13.1. The van der Waals surface area contributed by atoms with E-state index >= 15 is 0 Å². The topological polar surface area (TPSA) is 12.0 Å². The van der Waals surface area contributed by atoms with Gasteiger partial charge in [-0.25, -0.2) is 8.78 Å². The Morgan fingerprint density at radius 1 is 1.25 bits per heavy atom. The van der Waals surface area contributed by atoms with Crippen molar-refractivity contribution in [2.45, 2.75) is 18.6 Å². The van der Waals surface area contributed by atoms with E-state index in [9.17, 15) is 22.0 Å². The Morgan fingerprint density at radius 3 is 2.31 bits per heavy atom. The number of nitrogens with one attached hydrogen (secondary N) is 1. The maximum Gasteiger partial charge on any atom is 0.404 e. The number of benzene rings is 1. The molecular weight excluding hydrogens is 229 g/mol. The Bertz CT molecular complexity index is 361. The SMILES string of the molecule is CNC(Cc1ccc(F)cc1F)C(F)(F)F. The molecule has 0 bridgehead atoms. The molecule has 0 saturated carbocycles. The van der Waals surface area contributed by atoms with Crippen molar-refractivity contribution in [1.82, 2.24) is 5.32 Å². The van der Waals surface area contributed by atoms with Crippen molar-refractivity contribution in [3.63, 3.8) is 0 Å². The summed E-state index contributed by atoms with van der Waals surface area (Å²) >= 11 is 0. The van der Waals surface area contributed by atoms with E-state index in [-0.39, 0.29) is 5.56 Å². The summed E-state index contributed by atoms with van der Waals surface area (Å²) in [5, 5.41) is 2.05. The molecule has 1 nitrogen and oxygen atoms in total. The lowest BCUT2D eigenvalue weighted by atomic mass is 10.1. The van der Waals surface area contributed by atoms with Gasteiger partial charge in [0, 0.05) is 6.07 Å². The third-order valence-corrected chi connectivity index (χ3v) is 2.18. The molecule has 0 aliphatic heterocycles. The van der Waals surface area contributed by atoms with Crippen molar-refractivity contribution >= 4 is 0 Å². The van der Waals surface area contributed by atoms with E-state index in [0.717, 1.165) is 19.2 Å². The summed E-state index contributed by atoms with van der Waals surface area (Å²) < 4.78 is 62.7. The van der Waals surface area contributed by atoms with E-state index in [1.54, 1.807) is 0 Å². The molecule has 0 amide bonds. The number of halogens is 5. The van der Waals surface area contributed by atoms with Gasteiger partial charge < -0.3 is 5.32 Å². The van der Waals surface area contributed by atoms with E-state index in [1.165, 1.54) is 0 Å². The average molecular weight is 239 g/mol. The van der Waals surface area contributed by atoms with Crippen LogP contribution in [0.1, 0.15) is 5.56 Å². The van der Waals surface area contributed by atoms with Crippen molar-refractivity contribution in [2.75, 3.05) is 7.05 Å². The summed E-state index contributed by atoms with van der Waals surface area (Å²) in [6.07, 6.45) is -5.03. The van der Waals surface area contributed by atoms with Gasteiger partial charge in [-0.05, 0) is 25.1 Å². The van der Waals surface area contributed by atoms with Crippen molar-refractivity contribution < 1.29 is 22.0 Å². The molecule has 0 aliphatic rings. The fraction of sp³-hybridized carbons (Fsp3) is 0.400. The summed E-state index contributed by atoms with van der Waals surface area (Å²) in [7, 11) is 1.14. The highest BCUT2D eigenvalue weighted by atomic mass is 19.4. The van der Waals surface area contributed by atoms with Crippen molar-refractivity contribution in [3.05, 3.63) is 35.4 Å². The Morgan fingerprint density at radius 2 is 1.88 bits per heavy atom. The Balaban J connectivity index is 2.86. The number of hydrogen-bond acceptors (Lipinski definition) is 1. The monoisotopic (exact) mass is 239 g/mol. The molecule has 1 aromatic carbocycles. The highest BCUT2D eigenvalue weighted by molar-refractivity contribution is 5.20. The van der Waals surface area contributed by atoms with Gasteiger partial charge >= 0.3 is 6.18 Å². The van der Waals surface area contributed by atoms with Gasteiger partial charge in [0.1, 0.15) is 17.7 Å². The molecule has 0 aromatic heterocycles. The van der Waals surface area contributed by atoms with Crippen LogP contribution in [0.5, 0.6) is 0 Å². The minimum absolute atomic E-state index is 0.168. The predicted octanol–water partition coefficient (Wildman–Crippen LogP) is 2.66. The first-order valence-corrected chi connectivity index (χ1v) is 4.52. The smallest absolute Gasteiger partial charge is 0.309 e. The minimum Gasteiger partial charge on any atom is -0.309 e. The quantitative estimate of drug-likeness (QED) is 0.799. The van der Waals surface area contributed by atoms with Crippen LogP contribution in [-0.4, -0.2) is 19.3 Å². The van der Waals surface area contributed by atoms with Crippen LogP contribution < -0.4 is 5.32 Å². The second kappa shape index (κ2) is 4.78. The molecule has 90 valence electrons. The van der Waals surface area contributed by atoms with Gasteiger partial charge in [0.2, 0.25) is 0 Å². The maximum atomic E-state index is 13.1. The lowest BCUT2D eigenvalue weighted by Crippen LogP contribution is -2.41. The molecule has 1 N–H and O–H groups in total. The van der Waals surface area contributed by atoms with Gasteiger partial charge in [0.05, 0.1) is 0 Å². The lowest BCUT2D eigenvalue weighted by Gasteiger charge is -2.19. The molecule has 1 rings (SSSR count). The molecule has 1 aromatic rings. The zero-order valence-electron chi connectivity index (χ0n) is 8.41. The second-order valence-electron chi connectivity index (χ2n) is 3.32. The highest BCUT2D eigenvalue weighted by Crippen LogP contribution is 2.24. The van der Waals surface area contributed by atoms with Crippen LogP contribution in [0.25, 0.3) is 0 Å². The van der Waals surface area contributed by atoms with Gasteiger partial charge in [-0.3, -0.25) is 0 Å². The molecule has 16 heavy (non-hydrogen) atoms. The van der Waals surface area contributed by atoms with Crippen LogP contribution >= 0.6 is 0 Å². The van der Waals surface area contributed by atoms with E-state index in [4.69, 9.17) is 0 Å². The van der Waals surface area contributed by atoms with Crippen LogP contribution in [0.3, 0.4) is 0 Å². The molecule has 0 saturated heterocycles. The third kappa shape index (κ3) is 3.16. The van der Waals surface area contributed by atoms with Crippen LogP contribution in [0.4, 0.5) is 22.0 Å². The average Bonchev–Trinajstić information content (AvgIpc) is 2.14. The summed E-state index contributed by atoms with van der Waals surface area (Å²) in [6.45, 7) is 0. The molecule has 6 heteroatoms. The molecule has 0 spiro atoms. The van der Waals surface area contributed by atoms with Crippen molar-refractivity contribution in [1.29, 1.82) is 0 Å². The summed E-state index contributed by atoms with van der Waals surface area (Å²) in [5.74, 6) is -1.78. The molecule has 0 radical (unpaired) electrons. The van der Waals surface area contributed by atoms with E-state index in [0.29, 0.717) is 6.07 Å². The first-order valence-electron chi connectivity index (χ1n) is 4.52. The molecule has 0 fully saturated rings. The van der Waals surface area contributed by atoms with Crippen molar-refractivity contribution in [2.24, 2.45) is 0 Å². The molecule has 0 aliphatic carbocycles. The molecule has 1 atom stereocenters. The normalized spacial score (nSPS) is 13.9. The van der Waals surface area contributed by atoms with Gasteiger partial charge in [-0.1, -0.05) is 6.07 Å². The second-order valence-corrected chi connectivity index (χ2v) is 3.32. The summed E-state index contributed by atoms with van der Waals surface area (Å²) in [6, 6.07) is 0.674. The van der Waals surface area contributed by atoms with Crippen LogP contribution in [0.2, 0.25) is 0 Å². The van der Waals surface area contributed by atoms with Crippen molar-refractivity contribution in [3.8, 4) is 0 Å². The van der Waals surface area contributed by atoms with Crippen LogP contribution in [-0.2, 0) is 6.42 Å².